The lowest BCUT2D eigenvalue weighted by molar-refractivity contribution is 0.113. The highest BCUT2D eigenvalue weighted by molar-refractivity contribution is 5.17. The van der Waals surface area contributed by atoms with E-state index in [9.17, 15) is 5.11 Å². The van der Waals surface area contributed by atoms with E-state index in [-0.39, 0.29) is 6.10 Å². The van der Waals surface area contributed by atoms with Gasteiger partial charge in [0.15, 0.2) is 0 Å². The van der Waals surface area contributed by atoms with Crippen LogP contribution in [0.25, 0.3) is 0 Å². The van der Waals surface area contributed by atoms with Gasteiger partial charge in [0, 0.05) is 6.54 Å². The lowest BCUT2D eigenvalue weighted by atomic mass is 10.1. The van der Waals surface area contributed by atoms with Crippen molar-refractivity contribution in [3.8, 4) is 0 Å². The van der Waals surface area contributed by atoms with Crippen LogP contribution in [-0.4, -0.2) is 29.6 Å². The molecule has 1 unspecified atom stereocenters. The number of benzene rings is 1. The second kappa shape index (κ2) is 7.42. The van der Waals surface area contributed by atoms with E-state index in [4.69, 9.17) is 0 Å². The van der Waals surface area contributed by atoms with Crippen molar-refractivity contribution in [1.82, 2.24) is 4.90 Å². The number of nitrogens with zero attached hydrogens (tertiary/aromatic N) is 1. The fourth-order valence-electron chi connectivity index (χ4n) is 1.95. The van der Waals surface area contributed by atoms with Crippen LogP contribution in [0.3, 0.4) is 0 Å². The number of aliphatic hydroxyl groups is 1. The maximum absolute atomic E-state index is 10.1. The molecule has 0 bridgehead atoms. The third kappa shape index (κ3) is 4.33. The second-order valence-electron chi connectivity index (χ2n) is 4.23. The van der Waals surface area contributed by atoms with Gasteiger partial charge in [-0.05, 0) is 31.5 Å². The van der Waals surface area contributed by atoms with Crippen LogP contribution >= 0.6 is 0 Å². The minimum atomic E-state index is -0.362. The quantitative estimate of drug-likeness (QED) is 0.765. The first-order valence-electron chi connectivity index (χ1n) is 6.23. The Hall–Kier alpha value is -0.860. The highest BCUT2D eigenvalue weighted by Gasteiger charge is 2.11. The van der Waals surface area contributed by atoms with Gasteiger partial charge < -0.3 is 10.0 Å². The van der Waals surface area contributed by atoms with Crippen LogP contribution in [0.15, 0.2) is 30.3 Å². The molecule has 2 heteroatoms. The predicted octanol–water partition coefficient (Wildman–Crippen LogP) is 2.84. The van der Waals surface area contributed by atoms with Crippen LogP contribution in [0.2, 0.25) is 0 Å². The normalized spacial score (nSPS) is 13.0. The Bertz CT molecular complexity index is 267. The molecule has 0 aliphatic rings. The standard InChI is InChI=1S/C14H23NO/c1-3-10-15(11-4-2)12-14(16)13-8-6-5-7-9-13/h5-9,14,16H,3-4,10-12H2,1-2H3. The van der Waals surface area contributed by atoms with E-state index >= 15 is 0 Å². The van der Waals surface area contributed by atoms with Gasteiger partial charge in [0.1, 0.15) is 0 Å². The molecule has 0 saturated heterocycles. The number of hydrogen-bond donors (Lipinski definition) is 1. The molecule has 1 rings (SSSR count). The first kappa shape index (κ1) is 13.2. The Morgan fingerprint density at radius 3 is 2.12 bits per heavy atom. The predicted molar refractivity (Wildman–Crippen MR) is 68.4 cm³/mol. The lowest BCUT2D eigenvalue weighted by Crippen LogP contribution is -2.30. The van der Waals surface area contributed by atoms with Crippen LogP contribution < -0.4 is 0 Å². The minimum Gasteiger partial charge on any atom is -0.387 e. The molecule has 0 heterocycles. The summed E-state index contributed by atoms with van der Waals surface area (Å²) in [5.41, 5.74) is 1.01. The monoisotopic (exact) mass is 221 g/mol. The maximum atomic E-state index is 10.1. The van der Waals surface area contributed by atoms with Gasteiger partial charge in [-0.2, -0.15) is 0 Å². The summed E-state index contributed by atoms with van der Waals surface area (Å²) in [6, 6.07) is 9.90. The Morgan fingerprint density at radius 2 is 1.62 bits per heavy atom. The highest BCUT2D eigenvalue weighted by Crippen LogP contribution is 2.13. The molecule has 0 aliphatic carbocycles. The number of hydrogen-bond acceptors (Lipinski definition) is 2. The van der Waals surface area contributed by atoms with Crippen LogP contribution in [0, 0.1) is 0 Å². The zero-order valence-electron chi connectivity index (χ0n) is 10.4. The van der Waals surface area contributed by atoms with Gasteiger partial charge in [0.05, 0.1) is 6.10 Å². The summed E-state index contributed by atoms with van der Waals surface area (Å²) in [4.78, 5) is 2.33. The molecule has 0 saturated carbocycles. The zero-order chi connectivity index (χ0) is 11.8. The third-order valence-corrected chi connectivity index (χ3v) is 2.70. The van der Waals surface area contributed by atoms with Gasteiger partial charge in [-0.15, -0.1) is 0 Å². The smallest absolute Gasteiger partial charge is 0.0916 e. The molecule has 0 radical (unpaired) electrons. The van der Waals surface area contributed by atoms with Gasteiger partial charge in [-0.3, -0.25) is 0 Å². The summed E-state index contributed by atoms with van der Waals surface area (Å²) in [6.07, 6.45) is 1.92. The molecule has 1 aromatic rings. The first-order valence-corrected chi connectivity index (χ1v) is 6.23. The van der Waals surface area contributed by atoms with Crippen molar-refractivity contribution < 1.29 is 5.11 Å². The average Bonchev–Trinajstić information content (AvgIpc) is 2.31. The van der Waals surface area contributed by atoms with E-state index < -0.39 is 0 Å². The van der Waals surface area contributed by atoms with Crippen LogP contribution in [-0.2, 0) is 0 Å². The van der Waals surface area contributed by atoms with Crippen LogP contribution in [0.4, 0.5) is 0 Å². The van der Waals surface area contributed by atoms with Crippen molar-refractivity contribution in [2.75, 3.05) is 19.6 Å². The summed E-state index contributed by atoms with van der Waals surface area (Å²) < 4.78 is 0. The second-order valence-corrected chi connectivity index (χ2v) is 4.23. The molecule has 1 aromatic carbocycles. The molecule has 0 spiro atoms. The molecule has 1 N–H and O–H groups in total. The minimum absolute atomic E-state index is 0.362. The van der Waals surface area contributed by atoms with Crippen molar-refractivity contribution in [1.29, 1.82) is 0 Å². The molecule has 0 aromatic heterocycles. The van der Waals surface area contributed by atoms with Gasteiger partial charge in [-0.1, -0.05) is 44.2 Å². The molecular weight excluding hydrogens is 198 g/mol. The van der Waals surface area contributed by atoms with E-state index in [0.717, 1.165) is 38.0 Å². The topological polar surface area (TPSA) is 23.5 Å². The molecule has 90 valence electrons. The van der Waals surface area contributed by atoms with Gasteiger partial charge in [0.2, 0.25) is 0 Å². The first-order chi connectivity index (χ1) is 7.77. The summed E-state index contributed by atoms with van der Waals surface area (Å²) in [5, 5.41) is 10.1. The Morgan fingerprint density at radius 1 is 1.06 bits per heavy atom. The summed E-state index contributed by atoms with van der Waals surface area (Å²) in [7, 11) is 0. The van der Waals surface area contributed by atoms with E-state index in [1.165, 1.54) is 0 Å². The molecule has 1 atom stereocenters. The van der Waals surface area contributed by atoms with Crippen LogP contribution in [0.1, 0.15) is 38.4 Å². The Balaban J connectivity index is 2.50. The Labute approximate surface area is 98.9 Å². The number of rotatable bonds is 7. The van der Waals surface area contributed by atoms with E-state index in [2.05, 4.69) is 18.7 Å². The molecule has 0 fully saturated rings. The SMILES string of the molecule is CCCN(CCC)CC(O)c1ccccc1. The zero-order valence-corrected chi connectivity index (χ0v) is 10.4. The number of aliphatic hydroxyl groups excluding tert-OH is 1. The molecule has 0 aliphatic heterocycles. The molecule has 0 amide bonds. The van der Waals surface area contributed by atoms with E-state index in [1.807, 2.05) is 30.3 Å². The summed E-state index contributed by atoms with van der Waals surface area (Å²) in [5.74, 6) is 0. The van der Waals surface area contributed by atoms with E-state index in [0.29, 0.717) is 0 Å². The fourth-order valence-corrected chi connectivity index (χ4v) is 1.95. The highest BCUT2D eigenvalue weighted by atomic mass is 16.3. The van der Waals surface area contributed by atoms with Crippen LogP contribution in [0.5, 0.6) is 0 Å². The lowest BCUT2D eigenvalue weighted by Gasteiger charge is -2.24. The Kier molecular flexibility index (Phi) is 6.12. The average molecular weight is 221 g/mol. The van der Waals surface area contributed by atoms with Gasteiger partial charge in [0.25, 0.3) is 0 Å². The van der Waals surface area contributed by atoms with E-state index in [1.54, 1.807) is 0 Å². The summed E-state index contributed by atoms with van der Waals surface area (Å²) in [6.45, 7) is 7.23. The fraction of sp³-hybridized carbons (Fsp3) is 0.571. The molecule has 16 heavy (non-hydrogen) atoms. The van der Waals surface area contributed by atoms with Crippen molar-refractivity contribution in [3.05, 3.63) is 35.9 Å². The van der Waals surface area contributed by atoms with Gasteiger partial charge in [-0.25, -0.2) is 0 Å². The molecule has 2 nitrogen and oxygen atoms in total. The third-order valence-electron chi connectivity index (χ3n) is 2.70. The van der Waals surface area contributed by atoms with Crippen molar-refractivity contribution in [2.45, 2.75) is 32.8 Å². The summed E-state index contributed by atoms with van der Waals surface area (Å²) >= 11 is 0. The molecular formula is C14H23NO. The maximum Gasteiger partial charge on any atom is 0.0916 e. The largest absolute Gasteiger partial charge is 0.387 e. The van der Waals surface area contributed by atoms with Crippen molar-refractivity contribution >= 4 is 0 Å². The van der Waals surface area contributed by atoms with Crippen molar-refractivity contribution in [2.24, 2.45) is 0 Å². The van der Waals surface area contributed by atoms with Gasteiger partial charge >= 0.3 is 0 Å². The van der Waals surface area contributed by atoms with Crippen molar-refractivity contribution in [3.63, 3.8) is 0 Å².